The molecule has 4 aromatic rings. The highest BCUT2D eigenvalue weighted by Gasteiger charge is 2.18. The SMILES string of the molecule is CCOC(=O)COc1cc(SCc2ccccc2)ccc1[N+](=O)[O-].O=C1COc2cc(SCc3ccccc3)ccc2N1. The van der Waals surface area contributed by atoms with Gasteiger partial charge in [-0.15, -0.1) is 23.5 Å². The quantitative estimate of drug-likeness (QED) is 0.0810. The molecule has 0 atom stereocenters. The second kappa shape index (κ2) is 16.2. The van der Waals surface area contributed by atoms with E-state index in [-0.39, 0.29) is 37.2 Å². The number of benzene rings is 4. The molecule has 11 heteroatoms. The average Bonchev–Trinajstić information content (AvgIpc) is 3.03. The number of carbonyl (C=O) groups excluding carboxylic acids is 2. The van der Waals surface area contributed by atoms with Crippen molar-refractivity contribution in [2.24, 2.45) is 0 Å². The molecular formula is C32H30N2O7S2. The first-order valence-electron chi connectivity index (χ1n) is 13.4. The van der Waals surface area contributed by atoms with Gasteiger partial charge in [-0.1, -0.05) is 60.7 Å². The summed E-state index contributed by atoms with van der Waals surface area (Å²) in [5.41, 5.74) is 3.01. The summed E-state index contributed by atoms with van der Waals surface area (Å²) < 4.78 is 15.4. The Kier molecular flexibility index (Phi) is 11.9. The maximum Gasteiger partial charge on any atom is 0.344 e. The van der Waals surface area contributed by atoms with Crippen LogP contribution in [0.5, 0.6) is 11.5 Å². The van der Waals surface area contributed by atoms with E-state index >= 15 is 0 Å². The Labute approximate surface area is 258 Å². The minimum Gasteiger partial charge on any atom is -0.482 e. The van der Waals surface area contributed by atoms with E-state index in [1.807, 2.05) is 66.7 Å². The van der Waals surface area contributed by atoms with E-state index in [4.69, 9.17) is 14.2 Å². The zero-order chi connectivity index (χ0) is 30.4. The number of hydrogen-bond acceptors (Lipinski definition) is 9. The largest absolute Gasteiger partial charge is 0.482 e. The van der Waals surface area contributed by atoms with E-state index in [2.05, 4.69) is 17.4 Å². The number of ether oxygens (including phenoxy) is 3. The lowest BCUT2D eigenvalue weighted by Gasteiger charge is -2.18. The maximum atomic E-state index is 11.4. The minimum absolute atomic E-state index is 0.0612. The van der Waals surface area contributed by atoms with Crippen molar-refractivity contribution in [3.05, 3.63) is 118 Å². The van der Waals surface area contributed by atoms with Gasteiger partial charge >= 0.3 is 11.7 Å². The van der Waals surface area contributed by atoms with Crippen LogP contribution in [0.3, 0.4) is 0 Å². The number of fused-ring (bicyclic) bond motifs is 1. The molecule has 1 aliphatic rings. The Bertz CT molecular complexity index is 1540. The minimum atomic E-state index is -0.561. The zero-order valence-corrected chi connectivity index (χ0v) is 25.0. The van der Waals surface area contributed by atoms with Crippen LogP contribution in [0.4, 0.5) is 11.4 Å². The highest BCUT2D eigenvalue weighted by Crippen LogP contribution is 2.34. The van der Waals surface area contributed by atoms with Gasteiger partial charge in [-0.05, 0) is 42.3 Å². The number of nitrogens with one attached hydrogen (secondary N) is 1. The van der Waals surface area contributed by atoms with Crippen LogP contribution in [-0.4, -0.2) is 36.6 Å². The monoisotopic (exact) mass is 618 g/mol. The topological polar surface area (TPSA) is 117 Å². The third-order valence-electron chi connectivity index (χ3n) is 5.86. The van der Waals surface area contributed by atoms with Gasteiger partial charge in [0.2, 0.25) is 0 Å². The van der Waals surface area contributed by atoms with Crippen molar-refractivity contribution in [3.8, 4) is 11.5 Å². The summed E-state index contributed by atoms with van der Waals surface area (Å²) in [7, 11) is 0. The predicted octanol–water partition coefficient (Wildman–Crippen LogP) is 7.14. The van der Waals surface area contributed by atoms with Gasteiger partial charge in [0.25, 0.3) is 5.91 Å². The molecule has 1 amide bonds. The second-order valence-corrected chi connectivity index (χ2v) is 11.1. The molecule has 1 N–H and O–H groups in total. The number of thioether (sulfide) groups is 2. The van der Waals surface area contributed by atoms with Crippen LogP contribution >= 0.6 is 23.5 Å². The summed E-state index contributed by atoms with van der Waals surface area (Å²) in [5, 5.41) is 13.9. The van der Waals surface area contributed by atoms with Crippen LogP contribution in [-0.2, 0) is 25.8 Å². The van der Waals surface area contributed by atoms with Crippen molar-refractivity contribution in [2.75, 3.05) is 25.1 Å². The molecule has 0 spiro atoms. The lowest BCUT2D eigenvalue weighted by atomic mass is 10.2. The molecule has 0 saturated heterocycles. The smallest absolute Gasteiger partial charge is 0.344 e. The Morgan fingerprint density at radius 1 is 0.907 bits per heavy atom. The van der Waals surface area contributed by atoms with Crippen molar-refractivity contribution in [1.29, 1.82) is 0 Å². The van der Waals surface area contributed by atoms with Crippen molar-refractivity contribution in [2.45, 2.75) is 28.2 Å². The van der Waals surface area contributed by atoms with Crippen molar-refractivity contribution >= 4 is 46.8 Å². The molecule has 222 valence electrons. The van der Waals surface area contributed by atoms with Gasteiger partial charge in [0, 0.05) is 33.4 Å². The van der Waals surface area contributed by atoms with Crippen LogP contribution in [0.15, 0.2) is 107 Å². The first kappa shape index (κ1) is 31.5. The Morgan fingerprint density at radius 2 is 1.51 bits per heavy atom. The summed E-state index contributed by atoms with van der Waals surface area (Å²) >= 11 is 3.29. The highest BCUT2D eigenvalue weighted by atomic mass is 32.2. The molecule has 5 rings (SSSR count). The molecule has 1 aliphatic heterocycles. The Morgan fingerprint density at radius 3 is 2.12 bits per heavy atom. The van der Waals surface area contributed by atoms with Crippen molar-refractivity contribution in [1.82, 2.24) is 0 Å². The molecule has 43 heavy (non-hydrogen) atoms. The number of amides is 1. The van der Waals surface area contributed by atoms with Gasteiger partial charge in [0.1, 0.15) is 5.75 Å². The van der Waals surface area contributed by atoms with Gasteiger partial charge in [-0.25, -0.2) is 4.79 Å². The number of rotatable bonds is 11. The molecule has 4 aromatic carbocycles. The van der Waals surface area contributed by atoms with E-state index < -0.39 is 10.9 Å². The molecule has 0 saturated carbocycles. The van der Waals surface area contributed by atoms with Gasteiger partial charge in [0.05, 0.1) is 17.2 Å². The van der Waals surface area contributed by atoms with Crippen LogP contribution < -0.4 is 14.8 Å². The Balaban J connectivity index is 0.000000202. The summed E-state index contributed by atoms with van der Waals surface area (Å²) in [6.45, 7) is 1.65. The number of nitro groups is 1. The number of nitro benzene ring substituents is 1. The van der Waals surface area contributed by atoms with E-state index in [9.17, 15) is 19.7 Å². The summed E-state index contributed by atoms with van der Waals surface area (Å²) in [4.78, 5) is 35.1. The molecule has 0 radical (unpaired) electrons. The van der Waals surface area contributed by atoms with E-state index in [1.54, 1.807) is 30.8 Å². The number of esters is 1. The molecule has 1 heterocycles. The van der Waals surface area contributed by atoms with Crippen LogP contribution in [0.2, 0.25) is 0 Å². The van der Waals surface area contributed by atoms with E-state index in [0.29, 0.717) is 0 Å². The fourth-order valence-electron chi connectivity index (χ4n) is 3.82. The number of nitrogens with zero attached hydrogens (tertiary/aromatic N) is 1. The maximum absolute atomic E-state index is 11.4. The lowest BCUT2D eigenvalue weighted by Crippen LogP contribution is -2.25. The van der Waals surface area contributed by atoms with Gasteiger partial charge in [-0.3, -0.25) is 14.9 Å². The number of hydrogen-bond donors (Lipinski definition) is 1. The van der Waals surface area contributed by atoms with E-state index in [1.165, 1.54) is 23.4 Å². The van der Waals surface area contributed by atoms with Crippen molar-refractivity contribution in [3.63, 3.8) is 0 Å². The third-order valence-corrected chi connectivity index (χ3v) is 7.99. The predicted molar refractivity (Wildman–Crippen MR) is 168 cm³/mol. The molecule has 0 aromatic heterocycles. The van der Waals surface area contributed by atoms with Gasteiger partial charge < -0.3 is 19.5 Å². The standard InChI is InChI=1S/C17H17NO5S.C15H13NO2S/c1-2-22-17(19)11-23-16-10-14(8-9-15(16)18(20)21)24-12-13-6-4-3-5-7-13;17-15-9-18-14-8-12(6-7-13(14)16-15)19-10-11-4-2-1-3-5-11/h3-10H,2,11-12H2,1H3;1-8H,9-10H2,(H,16,17). The highest BCUT2D eigenvalue weighted by molar-refractivity contribution is 7.98. The van der Waals surface area contributed by atoms with Crippen LogP contribution in [0.25, 0.3) is 0 Å². The summed E-state index contributed by atoms with van der Waals surface area (Å²) in [6, 6.07) is 30.7. The first-order chi connectivity index (χ1) is 20.9. The average molecular weight is 619 g/mol. The second-order valence-electron chi connectivity index (χ2n) is 9.02. The fraction of sp³-hybridized carbons (Fsp3) is 0.188. The first-order valence-corrected chi connectivity index (χ1v) is 15.4. The van der Waals surface area contributed by atoms with Gasteiger partial charge in [-0.2, -0.15) is 0 Å². The fourth-order valence-corrected chi connectivity index (χ4v) is 5.58. The summed E-state index contributed by atoms with van der Waals surface area (Å²) in [5.74, 6) is 1.80. The summed E-state index contributed by atoms with van der Waals surface area (Å²) in [6.07, 6.45) is 0. The van der Waals surface area contributed by atoms with Crippen molar-refractivity contribution < 1.29 is 28.7 Å². The van der Waals surface area contributed by atoms with Crippen LogP contribution in [0.1, 0.15) is 18.1 Å². The molecule has 0 unspecified atom stereocenters. The molecule has 0 fully saturated rings. The number of anilines is 1. The lowest BCUT2D eigenvalue weighted by molar-refractivity contribution is -0.385. The van der Waals surface area contributed by atoms with E-state index in [0.717, 1.165) is 38.3 Å². The van der Waals surface area contributed by atoms with Crippen LogP contribution in [0, 0.1) is 10.1 Å². The molecule has 0 bridgehead atoms. The third kappa shape index (κ3) is 10.1. The molecule has 0 aliphatic carbocycles. The molecular weight excluding hydrogens is 588 g/mol. The number of carbonyl (C=O) groups is 2. The Hall–Kier alpha value is -4.48. The molecule has 9 nitrogen and oxygen atoms in total. The zero-order valence-electron chi connectivity index (χ0n) is 23.4. The normalized spacial score (nSPS) is 11.6. The van der Waals surface area contributed by atoms with Gasteiger partial charge in [0.15, 0.2) is 19.0 Å².